The Morgan fingerprint density at radius 2 is 2.21 bits per heavy atom. The van der Waals surface area contributed by atoms with E-state index in [4.69, 9.17) is 4.84 Å². The highest BCUT2D eigenvalue weighted by Crippen LogP contribution is 2.47. The van der Waals surface area contributed by atoms with Gasteiger partial charge in [0, 0.05) is 5.56 Å². The standard InChI is InChI=1S/C16H16N4O4/c1-20-8-12(11-7-17-18-13(11)14(20)15(21)22)19(16(20)23)24-9-10-5-3-2-4-6-10/h2-7,12,14H,8-9H2,1H3,(H-,17,18,21,22)/p+1/t12-,14?,20-/m1/s1. The molecule has 2 bridgehead atoms. The minimum absolute atomic E-state index is 0.244. The van der Waals surface area contributed by atoms with Gasteiger partial charge in [-0.3, -0.25) is 9.94 Å². The van der Waals surface area contributed by atoms with Crippen molar-refractivity contribution in [2.75, 3.05) is 13.6 Å². The average molecular weight is 329 g/mol. The number of nitrogens with zero attached hydrogens (tertiary/aromatic N) is 3. The van der Waals surface area contributed by atoms with E-state index >= 15 is 0 Å². The molecule has 8 heteroatoms. The molecule has 1 aromatic carbocycles. The summed E-state index contributed by atoms with van der Waals surface area (Å²) in [4.78, 5) is 30.4. The lowest BCUT2D eigenvalue weighted by Gasteiger charge is -2.33. The second-order valence-corrected chi connectivity index (χ2v) is 6.31. The molecule has 1 unspecified atom stereocenters. The van der Waals surface area contributed by atoms with Gasteiger partial charge < -0.3 is 5.11 Å². The summed E-state index contributed by atoms with van der Waals surface area (Å²) in [6.07, 6.45) is 1.58. The van der Waals surface area contributed by atoms with Gasteiger partial charge in [-0.05, 0) is 5.56 Å². The number of H-pyrrole nitrogens is 1. The van der Waals surface area contributed by atoms with Crippen LogP contribution in [0, 0.1) is 0 Å². The van der Waals surface area contributed by atoms with Gasteiger partial charge in [0.25, 0.3) is 0 Å². The largest absolute Gasteiger partial charge is 0.477 e. The van der Waals surface area contributed by atoms with E-state index in [2.05, 4.69) is 10.2 Å². The second kappa shape index (κ2) is 5.15. The predicted molar refractivity (Wildman–Crippen MR) is 81.2 cm³/mol. The molecule has 0 saturated carbocycles. The van der Waals surface area contributed by atoms with Gasteiger partial charge in [0.1, 0.15) is 24.9 Å². The molecule has 1 saturated heterocycles. The molecule has 2 amide bonds. The highest BCUT2D eigenvalue weighted by molar-refractivity contribution is 5.80. The van der Waals surface area contributed by atoms with Gasteiger partial charge in [-0.1, -0.05) is 30.3 Å². The van der Waals surface area contributed by atoms with Crippen LogP contribution in [0.3, 0.4) is 0 Å². The van der Waals surface area contributed by atoms with Crippen LogP contribution in [0.5, 0.6) is 0 Å². The molecule has 1 fully saturated rings. The van der Waals surface area contributed by atoms with Crippen LogP contribution < -0.4 is 0 Å². The summed E-state index contributed by atoms with van der Waals surface area (Å²) in [5.41, 5.74) is 2.11. The van der Waals surface area contributed by atoms with Crippen LogP contribution in [0.4, 0.5) is 4.79 Å². The number of rotatable bonds is 4. The molecule has 2 aliphatic rings. The fourth-order valence-corrected chi connectivity index (χ4v) is 3.62. The number of hydrogen-bond donors (Lipinski definition) is 2. The van der Waals surface area contributed by atoms with Crippen molar-refractivity contribution in [3.8, 4) is 0 Å². The van der Waals surface area contributed by atoms with Gasteiger partial charge in [0.05, 0.1) is 13.2 Å². The summed E-state index contributed by atoms with van der Waals surface area (Å²) >= 11 is 0. The molecule has 8 nitrogen and oxygen atoms in total. The number of aliphatic carboxylic acids is 1. The van der Waals surface area contributed by atoms with E-state index in [1.54, 1.807) is 13.2 Å². The van der Waals surface area contributed by atoms with Crippen LogP contribution in [0.15, 0.2) is 36.5 Å². The number of carboxylic acids is 1. The van der Waals surface area contributed by atoms with Gasteiger partial charge in [-0.2, -0.15) is 10.2 Å². The van der Waals surface area contributed by atoms with Crippen LogP contribution in [-0.4, -0.2) is 50.4 Å². The molecule has 2 N–H and O–H groups in total. The van der Waals surface area contributed by atoms with Crippen molar-refractivity contribution < 1.29 is 24.0 Å². The Kier molecular flexibility index (Phi) is 3.19. The first-order chi connectivity index (χ1) is 11.5. The molecular weight excluding hydrogens is 312 g/mol. The quantitative estimate of drug-likeness (QED) is 0.831. The Morgan fingerprint density at radius 1 is 1.46 bits per heavy atom. The number of benzene rings is 1. The number of urea groups is 1. The lowest BCUT2D eigenvalue weighted by molar-refractivity contribution is -0.849. The number of hydrogen-bond acceptors (Lipinski definition) is 4. The summed E-state index contributed by atoms with van der Waals surface area (Å²) in [6.45, 7) is 0.588. The number of aromatic amines is 1. The van der Waals surface area contributed by atoms with Crippen LogP contribution in [0.25, 0.3) is 0 Å². The van der Waals surface area contributed by atoms with Crippen LogP contribution in [0.1, 0.15) is 28.9 Å². The Morgan fingerprint density at radius 3 is 2.92 bits per heavy atom. The summed E-state index contributed by atoms with van der Waals surface area (Å²) < 4.78 is -0.260. The smallest absolute Gasteiger partial charge is 0.444 e. The molecule has 3 heterocycles. The van der Waals surface area contributed by atoms with E-state index in [0.29, 0.717) is 17.8 Å². The lowest BCUT2D eigenvalue weighted by atomic mass is 9.96. The minimum Gasteiger partial charge on any atom is -0.477 e. The fourth-order valence-electron chi connectivity index (χ4n) is 3.62. The first kappa shape index (κ1) is 14.9. The van der Waals surface area contributed by atoms with Gasteiger partial charge in [0.2, 0.25) is 6.04 Å². The number of likely N-dealkylation sites (N-methyl/N-ethyl adjacent to an activating group) is 1. The van der Waals surface area contributed by atoms with Crippen LogP contribution in [-0.2, 0) is 16.2 Å². The molecule has 24 heavy (non-hydrogen) atoms. The van der Waals surface area contributed by atoms with Gasteiger partial charge >= 0.3 is 12.0 Å². The van der Waals surface area contributed by atoms with Crippen LogP contribution in [0.2, 0.25) is 0 Å². The zero-order valence-electron chi connectivity index (χ0n) is 13.0. The molecular formula is C16H17N4O4+. The van der Waals surface area contributed by atoms with E-state index in [9.17, 15) is 14.7 Å². The zero-order valence-corrected chi connectivity index (χ0v) is 13.0. The fraction of sp³-hybridized carbons (Fsp3) is 0.312. The van der Waals surface area contributed by atoms with Crippen molar-refractivity contribution in [1.82, 2.24) is 15.3 Å². The topological polar surface area (TPSA) is 95.5 Å². The molecule has 0 aliphatic carbocycles. The number of aromatic nitrogens is 2. The molecule has 1 aromatic heterocycles. The van der Waals surface area contributed by atoms with Crippen molar-refractivity contribution in [3.63, 3.8) is 0 Å². The molecule has 2 aliphatic heterocycles. The van der Waals surface area contributed by atoms with Crippen molar-refractivity contribution in [1.29, 1.82) is 0 Å². The van der Waals surface area contributed by atoms with Gasteiger partial charge in [-0.25, -0.2) is 14.1 Å². The number of nitrogens with one attached hydrogen (secondary N) is 1. The third kappa shape index (κ3) is 1.97. The SMILES string of the molecule is C[N@@+]12C[C@H](c3cn[nH]c3C1C(=O)O)N(OCc1ccccc1)C2=O. The first-order valence-corrected chi connectivity index (χ1v) is 7.64. The molecule has 2 aromatic rings. The van der Waals surface area contributed by atoms with E-state index in [1.165, 1.54) is 5.06 Å². The zero-order chi connectivity index (χ0) is 16.9. The molecule has 0 radical (unpaired) electrons. The van der Waals surface area contributed by atoms with Gasteiger partial charge in [-0.15, -0.1) is 0 Å². The number of fused-ring (bicyclic) bond motifs is 4. The number of carbonyl (C=O) groups is 2. The van der Waals surface area contributed by atoms with E-state index in [1.807, 2.05) is 30.3 Å². The number of carboxylic acid groups (broad SMARTS) is 1. The maximum Gasteiger partial charge on any atom is 0.444 e. The van der Waals surface area contributed by atoms with Crippen molar-refractivity contribution in [2.45, 2.75) is 18.7 Å². The van der Waals surface area contributed by atoms with Gasteiger partial charge in [0.15, 0.2) is 0 Å². The molecule has 124 valence electrons. The number of quaternary nitrogens is 1. The predicted octanol–water partition coefficient (Wildman–Crippen LogP) is 1.60. The van der Waals surface area contributed by atoms with Crippen molar-refractivity contribution in [3.05, 3.63) is 53.3 Å². The summed E-state index contributed by atoms with van der Waals surface area (Å²) in [5.74, 6) is -1.06. The Balaban J connectivity index is 1.67. The Labute approximate surface area is 137 Å². The maximum atomic E-state index is 12.9. The second-order valence-electron chi connectivity index (χ2n) is 6.31. The first-order valence-electron chi connectivity index (χ1n) is 7.64. The number of carbonyl (C=O) groups excluding carboxylic acids is 1. The number of hydroxylamine groups is 2. The summed E-state index contributed by atoms with van der Waals surface area (Å²) in [6, 6.07) is 7.83. The minimum atomic E-state index is -1.06. The average Bonchev–Trinajstić information content (AvgIpc) is 3.11. The number of amides is 2. The molecule has 3 atom stereocenters. The Hall–Kier alpha value is -2.71. The Bertz CT molecular complexity index is 805. The van der Waals surface area contributed by atoms with Crippen LogP contribution >= 0.6 is 0 Å². The highest BCUT2D eigenvalue weighted by atomic mass is 16.7. The summed E-state index contributed by atoms with van der Waals surface area (Å²) in [5, 5.41) is 17.7. The van der Waals surface area contributed by atoms with Crippen molar-refractivity contribution >= 4 is 12.0 Å². The summed E-state index contributed by atoms with van der Waals surface area (Å²) in [7, 11) is 1.63. The lowest BCUT2D eigenvalue weighted by Crippen LogP contribution is -2.53. The monoisotopic (exact) mass is 329 g/mol. The molecule has 4 rings (SSSR count). The third-order valence-corrected chi connectivity index (χ3v) is 4.81. The normalized spacial score (nSPS) is 28.0. The van der Waals surface area contributed by atoms with E-state index < -0.39 is 12.0 Å². The third-order valence-electron chi connectivity index (χ3n) is 4.81. The maximum absolute atomic E-state index is 12.9. The van der Waals surface area contributed by atoms with Crippen molar-refractivity contribution in [2.24, 2.45) is 0 Å². The highest BCUT2D eigenvalue weighted by Gasteiger charge is 2.63. The van der Waals surface area contributed by atoms with E-state index in [0.717, 1.165) is 5.56 Å². The molecule has 0 spiro atoms. The van der Waals surface area contributed by atoms with E-state index in [-0.39, 0.29) is 23.2 Å².